The minimum Gasteiger partial charge on any atom is -0.544 e. The standard InChI is InChI=1S/C50H76O6Si2/c1-35(2)19-17-21-37(5)31-33-53-47(51)45-43(39-23-27-41(28-24-39)55-57(13,14)49(7,8)9)46(48(52)54-34-32-38(6)22-18-20-36(3)4)44(45)40-25-29-42(30-26-40)56-58(15,16)50(10,11)12/h19-20,23-32,43-46H,17-18,21-22,33-34H2,1-16H3/b37-31-,38-32-. The van der Waals surface area contributed by atoms with Gasteiger partial charge in [0.05, 0.1) is 11.8 Å². The molecular formula is C50H76O6Si2. The maximum Gasteiger partial charge on any atom is 0.310 e. The van der Waals surface area contributed by atoms with E-state index in [1.165, 1.54) is 22.3 Å². The Morgan fingerprint density at radius 1 is 0.534 bits per heavy atom. The van der Waals surface area contributed by atoms with Gasteiger partial charge in [0, 0.05) is 11.8 Å². The number of benzene rings is 2. The van der Waals surface area contributed by atoms with Gasteiger partial charge in [0.2, 0.25) is 16.6 Å². The lowest BCUT2D eigenvalue weighted by atomic mass is 9.52. The normalized spacial score (nSPS) is 19.1. The lowest BCUT2D eigenvalue weighted by Gasteiger charge is -2.49. The Morgan fingerprint density at radius 2 is 0.845 bits per heavy atom. The summed E-state index contributed by atoms with van der Waals surface area (Å²) in [6.07, 6.45) is 12.1. The van der Waals surface area contributed by atoms with E-state index >= 15 is 0 Å². The third kappa shape index (κ3) is 13.7. The van der Waals surface area contributed by atoms with Gasteiger partial charge in [-0.2, -0.15) is 0 Å². The summed E-state index contributed by atoms with van der Waals surface area (Å²) in [6, 6.07) is 16.0. The van der Waals surface area contributed by atoms with Crippen LogP contribution >= 0.6 is 0 Å². The summed E-state index contributed by atoms with van der Waals surface area (Å²) in [6.45, 7) is 35.2. The number of hydrogen-bond acceptors (Lipinski definition) is 6. The zero-order chi connectivity index (χ0) is 43.6. The fraction of sp³-hybridized carbons (Fsp3) is 0.560. The average molecular weight is 829 g/mol. The number of esters is 2. The van der Waals surface area contributed by atoms with Crippen molar-refractivity contribution in [2.24, 2.45) is 11.8 Å². The highest BCUT2D eigenvalue weighted by atomic mass is 28.4. The molecule has 0 spiro atoms. The van der Waals surface area contributed by atoms with E-state index < -0.39 is 40.3 Å². The van der Waals surface area contributed by atoms with E-state index in [9.17, 15) is 9.59 Å². The molecule has 8 heteroatoms. The minimum absolute atomic E-state index is 0.0404. The van der Waals surface area contributed by atoms with Crippen LogP contribution in [0.3, 0.4) is 0 Å². The van der Waals surface area contributed by atoms with Gasteiger partial charge in [-0.05, 0) is 151 Å². The van der Waals surface area contributed by atoms with Gasteiger partial charge in [0.15, 0.2) is 0 Å². The van der Waals surface area contributed by atoms with Crippen LogP contribution in [-0.2, 0) is 19.1 Å². The molecular weight excluding hydrogens is 753 g/mol. The molecule has 3 rings (SSSR count). The van der Waals surface area contributed by atoms with Gasteiger partial charge in [-0.15, -0.1) is 0 Å². The van der Waals surface area contributed by atoms with E-state index in [0.29, 0.717) is 0 Å². The Bertz CT molecular complexity index is 1650. The summed E-state index contributed by atoms with van der Waals surface area (Å²) in [5, 5.41) is 0.0808. The van der Waals surface area contributed by atoms with Gasteiger partial charge in [0.25, 0.3) is 0 Å². The van der Waals surface area contributed by atoms with Crippen molar-refractivity contribution in [1.29, 1.82) is 0 Å². The van der Waals surface area contributed by atoms with Gasteiger partial charge >= 0.3 is 11.9 Å². The summed E-state index contributed by atoms with van der Waals surface area (Å²) in [7, 11) is -4.17. The first-order valence-corrected chi connectivity index (χ1v) is 27.2. The Labute approximate surface area is 354 Å². The number of ether oxygens (including phenoxy) is 2. The van der Waals surface area contributed by atoms with Crippen LogP contribution in [-0.4, -0.2) is 41.8 Å². The van der Waals surface area contributed by atoms with Crippen molar-refractivity contribution in [2.75, 3.05) is 13.2 Å². The molecule has 1 saturated carbocycles. The molecule has 2 aromatic rings. The van der Waals surface area contributed by atoms with E-state index in [0.717, 1.165) is 48.3 Å². The topological polar surface area (TPSA) is 71.1 Å². The number of allylic oxidation sites excluding steroid dienone is 6. The van der Waals surface area contributed by atoms with Crippen LogP contribution in [0.25, 0.3) is 0 Å². The SMILES string of the molecule is CC(C)=CCC/C(C)=C\COC(=O)C1C(c2ccc(O[Si](C)(C)C(C)(C)C)cc2)C(C(=O)OC/C=C(/C)CCC=C(C)C)C1c1ccc(O[Si](C)(C)C(C)(C)C)cc1. The van der Waals surface area contributed by atoms with Crippen molar-refractivity contribution in [3.05, 3.63) is 106 Å². The van der Waals surface area contributed by atoms with E-state index in [-0.39, 0.29) is 35.2 Å². The van der Waals surface area contributed by atoms with Gasteiger partial charge in [0.1, 0.15) is 24.7 Å². The fourth-order valence-electron chi connectivity index (χ4n) is 6.68. The maximum absolute atomic E-state index is 14.4. The first kappa shape index (κ1) is 48.7. The molecule has 0 N–H and O–H groups in total. The molecule has 1 aliphatic carbocycles. The second-order valence-corrected chi connectivity index (χ2v) is 29.4. The second-order valence-electron chi connectivity index (χ2n) is 20.0. The summed E-state index contributed by atoms with van der Waals surface area (Å²) >= 11 is 0. The summed E-state index contributed by atoms with van der Waals surface area (Å²) in [5.74, 6) is -1.12. The van der Waals surface area contributed by atoms with Crippen molar-refractivity contribution >= 4 is 28.6 Å². The molecule has 0 radical (unpaired) electrons. The first-order valence-electron chi connectivity index (χ1n) is 21.3. The van der Waals surface area contributed by atoms with Crippen LogP contribution in [0, 0.1) is 11.8 Å². The molecule has 0 bridgehead atoms. The number of rotatable bonds is 18. The van der Waals surface area contributed by atoms with Crippen LogP contribution in [0.4, 0.5) is 0 Å². The molecule has 6 nitrogen and oxygen atoms in total. The van der Waals surface area contributed by atoms with Crippen LogP contribution < -0.4 is 8.85 Å². The molecule has 0 atom stereocenters. The summed E-state index contributed by atoms with van der Waals surface area (Å²) in [5.41, 5.74) is 6.71. The zero-order valence-electron chi connectivity index (χ0n) is 38.9. The van der Waals surface area contributed by atoms with E-state index in [2.05, 4.69) is 121 Å². The number of carbonyl (C=O) groups is 2. The predicted molar refractivity (Wildman–Crippen MR) is 248 cm³/mol. The molecule has 320 valence electrons. The van der Waals surface area contributed by atoms with Crippen molar-refractivity contribution in [1.82, 2.24) is 0 Å². The van der Waals surface area contributed by atoms with Crippen LogP contribution in [0.15, 0.2) is 95.1 Å². The molecule has 0 heterocycles. The Morgan fingerprint density at radius 3 is 1.12 bits per heavy atom. The van der Waals surface area contributed by atoms with E-state index in [4.69, 9.17) is 18.3 Å². The van der Waals surface area contributed by atoms with Gasteiger partial charge in [-0.3, -0.25) is 9.59 Å². The van der Waals surface area contributed by atoms with Crippen molar-refractivity contribution in [3.63, 3.8) is 0 Å². The molecule has 0 unspecified atom stereocenters. The van der Waals surface area contributed by atoms with E-state index in [1.807, 2.05) is 60.7 Å². The van der Waals surface area contributed by atoms with Gasteiger partial charge in [-0.1, -0.05) is 100 Å². The highest BCUT2D eigenvalue weighted by Crippen LogP contribution is 2.59. The molecule has 0 aliphatic heterocycles. The van der Waals surface area contributed by atoms with Crippen LogP contribution in [0.1, 0.15) is 132 Å². The van der Waals surface area contributed by atoms with Crippen molar-refractivity contribution < 1.29 is 27.9 Å². The quantitative estimate of drug-likeness (QED) is 0.0847. The minimum atomic E-state index is -2.08. The van der Waals surface area contributed by atoms with Crippen LogP contribution in [0.5, 0.6) is 11.5 Å². The number of carbonyl (C=O) groups excluding carboxylic acids is 2. The maximum atomic E-state index is 14.4. The lowest BCUT2D eigenvalue weighted by molar-refractivity contribution is -0.166. The van der Waals surface area contributed by atoms with Crippen molar-refractivity contribution in [2.45, 2.75) is 157 Å². The lowest BCUT2D eigenvalue weighted by Crippen LogP contribution is -2.52. The Hall–Kier alpha value is -3.63. The summed E-state index contributed by atoms with van der Waals surface area (Å²) < 4.78 is 25.4. The molecule has 1 aliphatic rings. The zero-order valence-corrected chi connectivity index (χ0v) is 40.9. The van der Waals surface area contributed by atoms with Crippen molar-refractivity contribution in [3.8, 4) is 11.5 Å². The third-order valence-corrected chi connectivity index (χ3v) is 21.2. The van der Waals surface area contributed by atoms with E-state index in [1.54, 1.807) is 0 Å². The highest BCUT2D eigenvalue weighted by molar-refractivity contribution is 6.75. The largest absolute Gasteiger partial charge is 0.544 e. The Balaban J connectivity index is 2.05. The molecule has 1 fully saturated rings. The fourth-order valence-corrected chi connectivity index (χ4v) is 8.74. The van der Waals surface area contributed by atoms with Crippen LogP contribution in [0.2, 0.25) is 36.3 Å². The highest BCUT2D eigenvalue weighted by Gasteiger charge is 2.59. The monoisotopic (exact) mass is 829 g/mol. The third-order valence-electron chi connectivity index (χ3n) is 12.5. The molecule has 2 aromatic carbocycles. The summed E-state index contributed by atoms with van der Waals surface area (Å²) in [4.78, 5) is 28.7. The smallest absolute Gasteiger partial charge is 0.310 e. The predicted octanol–water partition coefficient (Wildman–Crippen LogP) is 14.0. The molecule has 58 heavy (non-hydrogen) atoms. The molecule has 0 amide bonds. The van der Waals surface area contributed by atoms with Gasteiger partial charge < -0.3 is 18.3 Å². The average Bonchev–Trinajstić information content (AvgIpc) is 3.08. The second kappa shape index (κ2) is 20.6. The number of hydrogen-bond donors (Lipinski definition) is 0. The molecule has 0 aromatic heterocycles. The van der Waals surface area contributed by atoms with Gasteiger partial charge in [-0.25, -0.2) is 0 Å². The first-order chi connectivity index (χ1) is 26.8. The Kier molecular flexibility index (Phi) is 17.3. The molecule has 0 saturated heterocycles.